The molecule has 1 rings (SSSR count). The molecular weight excluding hydrogens is 258 g/mol. The monoisotopic (exact) mass is 281 g/mol. The lowest BCUT2D eigenvalue weighted by atomic mass is 10.1. The molecule has 3 nitrogen and oxygen atoms in total. The lowest BCUT2D eigenvalue weighted by Crippen LogP contribution is -2.25. The zero-order chi connectivity index (χ0) is 13.9. The van der Waals surface area contributed by atoms with Crippen LogP contribution >= 0.6 is 12.2 Å². The summed E-state index contributed by atoms with van der Waals surface area (Å²) in [7, 11) is 0. The van der Waals surface area contributed by atoms with E-state index in [2.05, 4.69) is 12.2 Å². The van der Waals surface area contributed by atoms with E-state index in [0.29, 0.717) is 17.5 Å². The van der Waals surface area contributed by atoms with Crippen LogP contribution < -0.4 is 5.32 Å². The van der Waals surface area contributed by atoms with E-state index in [1.54, 1.807) is 12.1 Å². The van der Waals surface area contributed by atoms with Crippen LogP contribution in [0.25, 0.3) is 0 Å². The Morgan fingerprint density at radius 2 is 1.95 bits per heavy atom. The van der Waals surface area contributed by atoms with E-state index >= 15 is 0 Å². The van der Waals surface area contributed by atoms with Gasteiger partial charge in [0.2, 0.25) is 0 Å². The van der Waals surface area contributed by atoms with Gasteiger partial charge in [-0.1, -0.05) is 31.9 Å². The van der Waals surface area contributed by atoms with Crippen molar-refractivity contribution in [2.24, 2.45) is 0 Å². The van der Waals surface area contributed by atoms with Gasteiger partial charge in [-0.15, -0.1) is 0 Å². The summed E-state index contributed by atoms with van der Waals surface area (Å²) in [4.78, 5) is 0. The Morgan fingerprint density at radius 1 is 1.21 bits per heavy atom. The minimum Gasteiger partial charge on any atom is -0.508 e. The molecule has 0 aliphatic rings. The van der Waals surface area contributed by atoms with E-state index in [1.807, 2.05) is 12.1 Å². The van der Waals surface area contributed by atoms with Crippen molar-refractivity contribution in [3.05, 3.63) is 29.8 Å². The molecule has 0 saturated carbocycles. The van der Waals surface area contributed by atoms with E-state index in [0.717, 1.165) is 25.8 Å². The van der Waals surface area contributed by atoms with Crippen molar-refractivity contribution in [3.63, 3.8) is 0 Å². The molecule has 0 radical (unpaired) electrons. The Bertz CT molecular complexity index is 365. The number of hydrogen-bond acceptors (Lipinski definition) is 3. The van der Waals surface area contributed by atoms with Gasteiger partial charge >= 0.3 is 0 Å². The molecule has 0 aliphatic heterocycles. The van der Waals surface area contributed by atoms with Crippen molar-refractivity contribution >= 4 is 17.4 Å². The molecule has 1 aromatic carbocycles. The van der Waals surface area contributed by atoms with Gasteiger partial charge in [-0.05, 0) is 49.2 Å². The Hall–Kier alpha value is -1.29. The van der Waals surface area contributed by atoms with Gasteiger partial charge in [-0.2, -0.15) is 0 Å². The quantitative estimate of drug-likeness (QED) is 0.566. The molecule has 0 aromatic heterocycles. The highest BCUT2D eigenvalue weighted by Gasteiger charge is 1.97. The molecule has 0 amide bonds. The highest BCUT2D eigenvalue weighted by Crippen LogP contribution is 2.10. The van der Waals surface area contributed by atoms with Crippen molar-refractivity contribution in [2.75, 3.05) is 13.2 Å². The summed E-state index contributed by atoms with van der Waals surface area (Å²) in [5, 5.41) is 12.8. The van der Waals surface area contributed by atoms with E-state index in [4.69, 9.17) is 17.0 Å². The summed E-state index contributed by atoms with van der Waals surface area (Å²) in [6.45, 7) is 3.69. The molecule has 19 heavy (non-hydrogen) atoms. The summed E-state index contributed by atoms with van der Waals surface area (Å²) < 4.78 is 5.40. The Labute approximate surface area is 121 Å². The second-order valence-corrected chi connectivity index (χ2v) is 4.91. The molecule has 4 heteroatoms. The second kappa shape index (κ2) is 9.62. The normalized spacial score (nSPS) is 10.2. The third-order valence-corrected chi connectivity index (χ3v) is 3.09. The Kier molecular flexibility index (Phi) is 7.98. The molecule has 0 bridgehead atoms. The molecule has 0 fully saturated rings. The van der Waals surface area contributed by atoms with Crippen LogP contribution in [-0.2, 0) is 11.2 Å². The average Bonchev–Trinajstić information content (AvgIpc) is 2.42. The Morgan fingerprint density at radius 3 is 2.63 bits per heavy atom. The van der Waals surface area contributed by atoms with Crippen molar-refractivity contribution in [2.45, 2.75) is 39.0 Å². The van der Waals surface area contributed by atoms with E-state index in [1.165, 1.54) is 18.4 Å². The minimum atomic E-state index is 0.309. The van der Waals surface area contributed by atoms with Crippen LogP contribution in [0.5, 0.6) is 5.75 Å². The summed E-state index contributed by atoms with van der Waals surface area (Å²) in [5.74, 6) is 0.309. The maximum Gasteiger partial charge on any atom is 0.256 e. The molecule has 0 aliphatic carbocycles. The van der Waals surface area contributed by atoms with Gasteiger partial charge in [-0.3, -0.25) is 0 Å². The van der Waals surface area contributed by atoms with Crippen LogP contribution in [-0.4, -0.2) is 23.4 Å². The van der Waals surface area contributed by atoms with Crippen LogP contribution in [0, 0.1) is 0 Å². The summed E-state index contributed by atoms with van der Waals surface area (Å²) in [5.41, 5.74) is 1.22. The van der Waals surface area contributed by atoms with Crippen molar-refractivity contribution in [3.8, 4) is 5.75 Å². The van der Waals surface area contributed by atoms with Crippen molar-refractivity contribution in [1.82, 2.24) is 5.32 Å². The number of hydrogen-bond donors (Lipinski definition) is 2. The van der Waals surface area contributed by atoms with E-state index in [-0.39, 0.29) is 0 Å². The number of unbranched alkanes of at least 4 members (excludes halogenated alkanes) is 2. The lowest BCUT2D eigenvalue weighted by Gasteiger charge is -2.09. The Balaban J connectivity index is 2.03. The number of benzene rings is 1. The zero-order valence-corrected chi connectivity index (χ0v) is 12.3. The number of phenolic OH excluding ortho intramolecular Hbond substituents is 1. The van der Waals surface area contributed by atoms with Gasteiger partial charge in [0, 0.05) is 6.54 Å². The molecule has 106 valence electrons. The van der Waals surface area contributed by atoms with E-state index in [9.17, 15) is 5.11 Å². The molecule has 0 saturated heterocycles. The van der Waals surface area contributed by atoms with Gasteiger partial charge in [0.25, 0.3) is 5.17 Å². The number of ether oxygens (including phenoxy) is 1. The van der Waals surface area contributed by atoms with Gasteiger partial charge < -0.3 is 15.2 Å². The second-order valence-electron chi connectivity index (χ2n) is 4.54. The van der Waals surface area contributed by atoms with Crippen LogP contribution in [0.4, 0.5) is 0 Å². The topological polar surface area (TPSA) is 41.5 Å². The number of nitrogens with one attached hydrogen (secondary N) is 1. The fraction of sp³-hybridized carbons (Fsp3) is 0.533. The first kappa shape index (κ1) is 15.8. The number of phenols is 1. The fourth-order valence-electron chi connectivity index (χ4n) is 1.71. The number of aromatic hydroxyl groups is 1. The average molecular weight is 281 g/mol. The van der Waals surface area contributed by atoms with Crippen molar-refractivity contribution < 1.29 is 9.84 Å². The van der Waals surface area contributed by atoms with Crippen LogP contribution in [0.1, 0.15) is 38.2 Å². The van der Waals surface area contributed by atoms with Gasteiger partial charge in [-0.25, -0.2) is 0 Å². The zero-order valence-electron chi connectivity index (χ0n) is 11.5. The lowest BCUT2D eigenvalue weighted by molar-refractivity contribution is 0.288. The highest BCUT2D eigenvalue weighted by atomic mass is 32.1. The maximum atomic E-state index is 9.18. The molecule has 0 atom stereocenters. The van der Waals surface area contributed by atoms with E-state index < -0.39 is 0 Å². The molecule has 0 heterocycles. The molecule has 0 spiro atoms. The number of rotatable bonds is 8. The molecule has 1 aromatic rings. The van der Waals surface area contributed by atoms with Crippen LogP contribution in [0.2, 0.25) is 0 Å². The number of thiocarbonyl (C=S) groups is 1. The van der Waals surface area contributed by atoms with Gasteiger partial charge in [0.15, 0.2) is 0 Å². The molecule has 2 N–H and O–H groups in total. The third kappa shape index (κ3) is 7.67. The first-order valence-electron chi connectivity index (χ1n) is 6.91. The maximum absolute atomic E-state index is 9.18. The standard InChI is InChI=1S/C15H23NO2S/c1-2-3-4-12-18-15(19)16-11-5-6-13-7-9-14(17)10-8-13/h7-10,17H,2-6,11-12H2,1H3,(H,16,19). The summed E-state index contributed by atoms with van der Waals surface area (Å²) >= 11 is 5.08. The first-order chi connectivity index (χ1) is 9.22. The highest BCUT2D eigenvalue weighted by molar-refractivity contribution is 7.80. The predicted molar refractivity (Wildman–Crippen MR) is 82.5 cm³/mol. The summed E-state index contributed by atoms with van der Waals surface area (Å²) in [6.07, 6.45) is 5.39. The minimum absolute atomic E-state index is 0.309. The predicted octanol–water partition coefficient (Wildman–Crippen LogP) is 3.41. The van der Waals surface area contributed by atoms with Crippen LogP contribution in [0.3, 0.4) is 0 Å². The fourth-order valence-corrected chi connectivity index (χ4v) is 1.90. The third-order valence-electron chi connectivity index (χ3n) is 2.83. The number of aryl methyl sites for hydroxylation is 1. The smallest absolute Gasteiger partial charge is 0.256 e. The summed E-state index contributed by atoms with van der Waals surface area (Å²) in [6, 6.07) is 7.30. The van der Waals surface area contributed by atoms with Crippen LogP contribution in [0.15, 0.2) is 24.3 Å². The SMILES string of the molecule is CCCCCOC(=S)NCCCc1ccc(O)cc1. The largest absolute Gasteiger partial charge is 0.508 e. The molecular formula is C15H23NO2S. The molecule has 0 unspecified atom stereocenters. The first-order valence-corrected chi connectivity index (χ1v) is 7.31. The van der Waals surface area contributed by atoms with Gasteiger partial charge in [0.05, 0.1) is 6.61 Å². The van der Waals surface area contributed by atoms with Gasteiger partial charge in [0.1, 0.15) is 5.75 Å². The van der Waals surface area contributed by atoms with Crippen molar-refractivity contribution in [1.29, 1.82) is 0 Å².